The largest absolute Gasteiger partial charge is 0.391 e. The Balaban J connectivity index is 1.88. The van der Waals surface area contributed by atoms with Gasteiger partial charge in [0.05, 0.1) is 29.5 Å². The molecule has 0 unspecified atom stereocenters. The van der Waals surface area contributed by atoms with Crippen molar-refractivity contribution in [2.24, 2.45) is 7.05 Å². The fraction of sp³-hybridized carbons (Fsp3) is 0.118. The quantitative estimate of drug-likeness (QED) is 0.596. The van der Waals surface area contributed by atoms with Gasteiger partial charge in [-0.3, -0.25) is 9.20 Å². The molecule has 0 saturated carbocycles. The van der Waals surface area contributed by atoms with Crippen molar-refractivity contribution in [2.45, 2.75) is 6.61 Å². The van der Waals surface area contributed by atoms with Crippen LogP contribution in [0.1, 0.15) is 5.56 Å². The molecule has 25 heavy (non-hydrogen) atoms. The Morgan fingerprint density at radius 3 is 2.96 bits per heavy atom. The molecule has 126 valence electrons. The Labute approximate surface area is 141 Å². The Morgan fingerprint density at radius 2 is 2.16 bits per heavy atom. The zero-order chi connectivity index (χ0) is 17.6. The number of imidazole rings is 1. The topological polar surface area (TPSA) is 84.5 Å². The van der Waals surface area contributed by atoms with Crippen LogP contribution in [0, 0.1) is 5.82 Å². The number of halogens is 1. The van der Waals surface area contributed by atoms with Crippen molar-refractivity contribution in [3.63, 3.8) is 0 Å². The molecule has 0 spiro atoms. The summed E-state index contributed by atoms with van der Waals surface area (Å²) in [6.45, 7) is -0.512. The standard InChI is InChI=1S/C17H14FN5O2/c1-22-9-19-13-5-4-10(7-14(13)22)20-15-11(8-24)17(25)23-6-2-3-12(18)16(23)21-15/h2-7,9,20,24H,8H2,1H3. The SMILES string of the molecule is Cn1cnc2ccc(Nc3nc4c(F)cccn4c(=O)c3CO)cc21. The Kier molecular flexibility index (Phi) is 3.47. The minimum Gasteiger partial charge on any atom is -0.391 e. The van der Waals surface area contributed by atoms with E-state index < -0.39 is 18.0 Å². The van der Waals surface area contributed by atoms with Crippen LogP contribution in [0.25, 0.3) is 16.7 Å². The van der Waals surface area contributed by atoms with Gasteiger partial charge in [-0.15, -0.1) is 0 Å². The van der Waals surface area contributed by atoms with Crippen LogP contribution in [0.4, 0.5) is 15.9 Å². The molecule has 0 atom stereocenters. The van der Waals surface area contributed by atoms with Crippen LogP contribution in [0.3, 0.4) is 0 Å². The summed E-state index contributed by atoms with van der Waals surface area (Å²) in [6, 6.07) is 8.09. The highest BCUT2D eigenvalue weighted by Gasteiger charge is 2.15. The molecule has 0 fully saturated rings. The molecule has 0 aliphatic rings. The summed E-state index contributed by atoms with van der Waals surface area (Å²) in [5.41, 5.74) is 1.81. The summed E-state index contributed by atoms with van der Waals surface area (Å²) >= 11 is 0. The lowest BCUT2D eigenvalue weighted by Gasteiger charge is -2.12. The molecule has 1 aromatic carbocycles. The first-order chi connectivity index (χ1) is 12.1. The number of aryl methyl sites for hydroxylation is 1. The van der Waals surface area contributed by atoms with E-state index in [4.69, 9.17) is 0 Å². The number of rotatable bonds is 3. The Bertz CT molecular complexity index is 1170. The van der Waals surface area contributed by atoms with Crippen LogP contribution in [0.2, 0.25) is 0 Å². The lowest BCUT2D eigenvalue weighted by atomic mass is 10.2. The van der Waals surface area contributed by atoms with E-state index in [9.17, 15) is 14.3 Å². The van der Waals surface area contributed by atoms with Gasteiger partial charge in [0, 0.05) is 18.9 Å². The highest BCUT2D eigenvalue weighted by atomic mass is 19.1. The lowest BCUT2D eigenvalue weighted by molar-refractivity contribution is 0.280. The minimum atomic E-state index is -0.616. The second-order valence-corrected chi connectivity index (χ2v) is 5.64. The highest BCUT2D eigenvalue weighted by molar-refractivity contribution is 5.80. The molecule has 0 aliphatic carbocycles. The van der Waals surface area contributed by atoms with Gasteiger partial charge >= 0.3 is 0 Å². The Hall–Kier alpha value is -3.26. The van der Waals surface area contributed by atoms with Crippen molar-refractivity contribution in [3.8, 4) is 0 Å². The summed E-state index contributed by atoms with van der Waals surface area (Å²) < 4.78 is 17.0. The van der Waals surface area contributed by atoms with Crippen LogP contribution in [-0.2, 0) is 13.7 Å². The van der Waals surface area contributed by atoms with Crippen molar-refractivity contribution >= 4 is 28.2 Å². The van der Waals surface area contributed by atoms with E-state index in [1.807, 2.05) is 23.7 Å². The zero-order valence-corrected chi connectivity index (χ0v) is 13.3. The van der Waals surface area contributed by atoms with Crippen molar-refractivity contribution in [1.82, 2.24) is 18.9 Å². The molecule has 7 nitrogen and oxygen atoms in total. The van der Waals surface area contributed by atoms with Gasteiger partial charge in [0.2, 0.25) is 0 Å². The van der Waals surface area contributed by atoms with Gasteiger partial charge in [-0.1, -0.05) is 0 Å². The monoisotopic (exact) mass is 339 g/mol. The molecule has 0 bridgehead atoms. The fourth-order valence-electron chi connectivity index (χ4n) is 2.75. The molecule has 0 aliphatic heterocycles. The number of anilines is 2. The van der Waals surface area contributed by atoms with Gasteiger partial charge in [0.15, 0.2) is 11.5 Å². The van der Waals surface area contributed by atoms with E-state index in [0.29, 0.717) is 5.69 Å². The van der Waals surface area contributed by atoms with Crippen LogP contribution in [0.5, 0.6) is 0 Å². The maximum atomic E-state index is 14.0. The van der Waals surface area contributed by atoms with Crippen LogP contribution >= 0.6 is 0 Å². The number of aliphatic hydroxyl groups is 1. The molecule has 4 rings (SSSR count). The van der Waals surface area contributed by atoms with Crippen molar-refractivity contribution < 1.29 is 9.50 Å². The average Bonchev–Trinajstić information content (AvgIpc) is 2.97. The first-order valence-electron chi connectivity index (χ1n) is 7.57. The van der Waals surface area contributed by atoms with Crippen molar-refractivity contribution in [3.05, 3.63) is 64.6 Å². The number of hydrogen-bond donors (Lipinski definition) is 2. The smallest absolute Gasteiger partial charge is 0.265 e. The third kappa shape index (κ3) is 2.43. The van der Waals surface area contributed by atoms with Crippen molar-refractivity contribution in [2.75, 3.05) is 5.32 Å². The van der Waals surface area contributed by atoms with Gasteiger partial charge in [-0.2, -0.15) is 0 Å². The number of benzene rings is 1. The molecular weight excluding hydrogens is 325 g/mol. The van der Waals surface area contributed by atoms with E-state index in [0.717, 1.165) is 15.4 Å². The third-order valence-corrected chi connectivity index (χ3v) is 4.05. The molecule has 3 aromatic heterocycles. The molecule has 2 N–H and O–H groups in total. The predicted molar refractivity (Wildman–Crippen MR) is 91.3 cm³/mol. The third-order valence-electron chi connectivity index (χ3n) is 4.05. The second-order valence-electron chi connectivity index (χ2n) is 5.64. The first-order valence-corrected chi connectivity index (χ1v) is 7.57. The predicted octanol–water partition coefficient (Wildman–Crippen LogP) is 1.96. The van der Waals surface area contributed by atoms with Gasteiger partial charge in [0.1, 0.15) is 5.82 Å². The minimum absolute atomic E-state index is 0.0632. The van der Waals surface area contributed by atoms with Gasteiger partial charge in [0.25, 0.3) is 5.56 Å². The number of hydrogen-bond acceptors (Lipinski definition) is 5. The zero-order valence-electron chi connectivity index (χ0n) is 13.3. The van der Waals surface area contributed by atoms with E-state index in [2.05, 4.69) is 15.3 Å². The molecule has 3 heterocycles. The first kappa shape index (κ1) is 15.3. The Morgan fingerprint density at radius 1 is 1.32 bits per heavy atom. The van der Waals surface area contributed by atoms with Gasteiger partial charge < -0.3 is 15.0 Å². The molecule has 0 radical (unpaired) electrons. The summed E-state index contributed by atoms with van der Waals surface area (Å²) in [4.78, 5) is 20.9. The second kappa shape index (κ2) is 5.67. The van der Waals surface area contributed by atoms with E-state index in [1.165, 1.54) is 18.3 Å². The van der Waals surface area contributed by atoms with Gasteiger partial charge in [-0.05, 0) is 30.3 Å². The highest BCUT2D eigenvalue weighted by Crippen LogP contribution is 2.22. The summed E-state index contributed by atoms with van der Waals surface area (Å²) in [7, 11) is 1.87. The molecule has 0 amide bonds. The lowest BCUT2D eigenvalue weighted by Crippen LogP contribution is -2.22. The van der Waals surface area contributed by atoms with Crippen LogP contribution in [0.15, 0.2) is 47.7 Å². The summed E-state index contributed by atoms with van der Waals surface area (Å²) in [6.07, 6.45) is 3.11. The average molecular weight is 339 g/mol. The van der Waals surface area contributed by atoms with Crippen LogP contribution < -0.4 is 10.9 Å². The normalized spacial score (nSPS) is 11.3. The summed E-state index contributed by atoms with van der Waals surface area (Å²) in [5.74, 6) is -0.492. The van der Waals surface area contributed by atoms with Gasteiger partial charge in [-0.25, -0.2) is 14.4 Å². The fourth-order valence-corrected chi connectivity index (χ4v) is 2.75. The number of aromatic nitrogens is 4. The number of pyridine rings is 1. The molecular formula is C17H14FN5O2. The maximum Gasteiger partial charge on any atom is 0.265 e. The van der Waals surface area contributed by atoms with E-state index in [-0.39, 0.29) is 17.0 Å². The van der Waals surface area contributed by atoms with E-state index in [1.54, 1.807) is 12.4 Å². The molecule has 8 heteroatoms. The molecule has 0 saturated heterocycles. The number of fused-ring (bicyclic) bond motifs is 2. The number of nitrogens with zero attached hydrogens (tertiary/aromatic N) is 4. The van der Waals surface area contributed by atoms with Crippen LogP contribution in [-0.4, -0.2) is 24.0 Å². The number of nitrogens with one attached hydrogen (secondary N) is 1. The molecule has 4 aromatic rings. The van der Waals surface area contributed by atoms with Crippen molar-refractivity contribution in [1.29, 1.82) is 0 Å². The van der Waals surface area contributed by atoms with E-state index >= 15 is 0 Å². The number of aliphatic hydroxyl groups excluding tert-OH is 1. The maximum absolute atomic E-state index is 14.0. The summed E-state index contributed by atoms with van der Waals surface area (Å²) in [5, 5.41) is 12.6.